The van der Waals surface area contributed by atoms with Gasteiger partial charge in [-0.2, -0.15) is 0 Å². The molecule has 0 spiro atoms. The molecule has 0 heterocycles. The minimum absolute atomic E-state index is 0.173. The number of hydrogen-bond acceptors (Lipinski definition) is 3. The lowest BCUT2D eigenvalue weighted by Gasteiger charge is -2.05. The fourth-order valence-corrected chi connectivity index (χ4v) is 1.11. The summed E-state index contributed by atoms with van der Waals surface area (Å²) in [5.74, 6) is -1.30. The van der Waals surface area contributed by atoms with Gasteiger partial charge < -0.3 is 15.2 Å². The number of benzene rings is 1. The number of rotatable bonds is 5. The van der Waals surface area contributed by atoms with Gasteiger partial charge in [0, 0.05) is 24.4 Å². The number of anilines is 1. The van der Waals surface area contributed by atoms with Crippen LogP contribution in [0.25, 0.3) is 0 Å². The lowest BCUT2D eigenvalue weighted by molar-refractivity contribution is -0.131. The molecule has 0 radical (unpaired) electrons. The normalized spacial score (nSPS) is 10.4. The van der Waals surface area contributed by atoms with Crippen LogP contribution in [-0.4, -0.2) is 24.7 Å². The zero-order valence-corrected chi connectivity index (χ0v) is 8.74. The first-order valence-electron chi connectivity index (χ1n) is 4.60. The van der Waals surface area contributed by atoms with Crippen LogP contribution in [0.2, 0.25) is 0 Å². The molecule has 0 fully saturated rings. The maximum Gasteiger partial charge on any atom is 0.328 e. The minimum Gasteiger partial charge on any atom is -0.494 e. The summed E-state index contributed by atoms with van der Waals surface area (Å²) < 4.78 is 18.0. The maximum absolute atomic E-state index is 13.2. The summed E-state index contributed by atoms with van der Waals surface area (Å²) in [6.45, 7) is 0.318. The highest BCUT2D eigenvalue weighted by molar-refractivity contribution is 5.79. The molecule has 0 bridgehead atoms. The van der Waals surface area contributed by atoms with E-state index in [1.165, 1.54) is 25.3 Å². The Hall–Kier alpha value is -2.04. The first-order valence-corrected chi connectivity index (χ1v) is 4.60. The molecule has 5 heteroatoms. The summed E-state index contributed by atoms with van der Waals surface area (Å²) in [7, 11) is 1.39. The van der Waals surface area contributed by atoms with E-state index >= 15 is 0 Å². The Kier molecular flexibility index (Phi) is 4.32. The highest BCUT2D eigenvalue weighted by atomic mass is 19.1. The number of ether oxygens (including phenoxy) is 1. The van der Waals surface area contributed by atoms with Crippen molar-refractivity contribution in [2.45, 2.75) is 0 Å². The standard InChI is InChI=1S/C11H12FNO3/c1-16-10-5-4-8(7-9(10)12)13-6-2-3-11(14)15/h2-5,7,13H,6H2,1H3,(H,14,15)/b3-2+. The van der Waals surface area contributed by atoms with Gasteiger partial charge in [0.25, 0.3) is 0 Å². The highest BCUT2D eigenvalue weighted by Crippen LogP contribution is 2.20. The Morgan fingerprint density at radius 2 is 2.38 bits per heavy atom. The molecule has 2 N–H and O–H groups in total. The molecule has 1 rings (SSSR count). The summed E-state index contributed by atoms with van der Waals surface area (Å²) in [6.07, 6.45) is 2.46. The van der Waals surface area contributed by atoms with Crippen molar-refractivity contribution in [1.82, 2.24) is 0 Å². The van der Waals surface area contributed by atoms with Crippen molar-refractivity contribution in [3.63, 3.8) is 0 Å². The van der Waals surface area contributed by atoms with Gasteiger partial charge in [-0.15, -0.1) is 0 Å². The van der Waals surface area contributed by atoms with Crippen LogP contribution in [0.5, 0.6) is 5.75 Å². The molecule has 4 nitrogen and oxygen atoms in total. The fourth-order valence-electron chi connectivity index (χ4n) is 1.11. The Morgan fingerprint density at radius 3 is 2.94 bits per heavy atom. The van der Waals surface area contributed by atoms with Gasteiger partial charge >= 0.3 is 5.97 Å². The minimum atomic E-state index is -1.01. The van der Waals surface area contributed by atoms with Crippen molar-refractivity contribution in [2.75, 3.05) is 19.0 Å². The summed E-state index contributed by atoms with van der Waals surface area (Å²) >= 11 is 0. The number of carbonyl (C=O) groups is 1. The fraction of sp³-hybridized carbons (Fsp3) is 0.182. The number of carboxylic acid groups (broad SMARTS) is 1. The molecule has 0 aromatic heterocycles. The summed E-state index contributed by atoms with van der Waals surface area (Å²) in [5.41, 5.74) is 0.563. The first kappa shape index (κ1) is 12.0. The van der Waals surface area contributed by atoms with E-state index in [2.05, 4.69) is 5.32 Å². The molecule has 0 saturated carbocycles. The van der Waals surface area contributed by atoms with E-state index < -0.39 is 11.8 Å². The quantitative estimate of drug-likeness (QED) is 0.751. The highest BCUT2D eigenvalue weighted by Gasteiger charge is 2.01. The Balaban J connectivity index is 2.55. The molecule has 0 amide bonds. The second-order valence-corrected chi connectivity index (χ2v) is 2.97. The summed E-state index contributed by atoms with van der Waals surface area (Å²) in [5, 5.41) is 11.2. The third-order valence-corrected chi connectivity index (χ3v) is 1.84. The third-order valence-electron chi connectivity index (χ3n) is 1.84. The lowest BCUT2D eigenvalue weighted by Crippen LogP contribution is -2.00. The monoisotopic (exact) mass is 225 g/mol. The summed E-state index contributed by atoms with van der Waals surface area (Å²) in [4.78, 5) is 10.2. The lowest BCUT2D eigenvalue weighted by atomic mass is 10.3. The Bertz CT molecular complexity index is 404. The van der Waals surface area contributed by atoms with Crippen LogP contribution in [0.4, 0.5) is 10.1 Å². The molecule has 0 aliphatic carbocycles. The largest absolute Gasteiger partial charge is 0.494 e. The van der Waals surface area contributed by atoms with Crippen molar-refractivity contribution < 1.29 is 19.0 Å². The molecule has 86 valence electrons. The number of halogens is 1. The van der Waals surface area contributed by atoms with E-state index in [0.29, 0.717) is 12.2 Å². The second-order valence-electron chi connectivity index (χ2n) is 2.97. The molecule has 0 saturated heterocycles. The zero-order chi connectivity index (χ0) is 12.0. The van der Waals surface area contributed by atoms with Gasteiger partial charge in [0.05, 0.1) is 7.11 Å². The second kappa shape index (κ2) is 5.75. The molecule has 1 aromatic carbocycles. The van der Waals surface area contributed by atoms with Crippen LogP contribution < -0.4 is 10.1 Å². The topological polar surface area (TPSA) is 58.6 Å². The molecular weight excluding hydrogens is 213 g/mol. The molecule has 16 heavy (non-hydrogen) atoms. The molecular formula is C11H12FNO3. The third kappa shape index (κ3) is 3.61. The van der Waals surface area contributed by atoms with Crippen molar-refractivity contribution in [3.8, 4) is 5.75 Å². The number of hydrogen-bond donors (Lipinski definition) is 2. The van der Waals surface area contributed by atoms with Gasteiger partial charge in [-0.3, -0.25) is 0 Å². The van der Waals surface area contributed by atoms with E-state index in [9.17, 15) is 9.18 Å². The van der Waals surface area contributed by atoms with Crippen LogP contribution in [-0.2, 0) is 4.79 Å². The molecule has 0 aliphatic rings. The number of methoxy groups -OCH3 is 1. The van der Waals surface area contributed by atoms with Crippen LogP contribution in [0.3, 0.4) is 0 Å². The number of nitrogens with one attached hydrogen (secondary N) is 1. The van der Waals surface area contributed by atoms with E-state index in [4.69, 9.17) is 9.84 Å². The van der Waals surface area contributed by atoms with Crippen LogP contribution >= 0.6 is 0 Å². The van der Waals surface area contributed by atoms with Gasteiger partial charge in [0.1, 0.15) is 0 Å². The van der Waals surface area contributed by atoms with Gasteiger partial charge in [-0.05, 0) is 12.1 Å². The van der Waals surface area contributed by atoms with E-state index in [-0.39, 0.29) is 5.75 Å². The van der Waals surface area contributed by atoms with E-state index in [0.717, 1.165) is 6.08 Å². The molecule has 0 aliphatic heterocycles. The summed E-state index contributed by atoms with van der Waals surface area (Å²) in [6, 6.07) is 4.43. The Labute approximate surface area is 92.4 Å². The van der Waals surface area contributed by atoms with Crippen molar-refractivity contribution in [2.24, 2.45) is 0 Å². The van der Waals surface area contributed by atoms with Gasteiger partial charge in [0.2, 0.25) is 0 Å². The van der Waals surface area contributed by atoms with Gasteiger partial charge in [0.15, 0.2) is 11.6 Å². The van der Waals surface area contributed by atoms with Crippen molar-refractivity contribution >= 4 is 11.7 Å². The van der Waals surface area contributed by atoms with Crippen LogP contribution in [0, 0.1) is 5.82 Å². The molecule has 0 atom stereocenters. The Morgan fingerprint density at radius 1 is 1.62 bits per heavy atom. The van der Waals surface area contributed by atoms with Crippen LogP contribution in [0.15, 0.2) is 30.4 Å². The average molecular weight is 225 g/mol. The number of aliphatic carboxylic acids is 1. The van der Waals surface area contributed by atoms with E-state index in [1.54, 1.807) is 6.07 Å². The van der Waals surface area contributed by atoms with Crippen molar-refractivity contribution in [3.05, 3.63) is 36.2 Å². The predicted octanol–water partition coefficient (Wildman–Crippen LogP) is 1.89. The van der Waals surface area contributed by atoms with Crippen molar-refractivity contribution in [1.29, 1.82) is 0 Å². The zero-order valence-electron chi connectivity index (χ0n) is 8.74. The van der Waals surface area contributed by atoms with Gasteiger partial charge in [-0.25, -0.2) is 9.18 Å². The van der Waals surface area contributed by atoms with Gasteiger partial charge in [-0.1, -0.05) is 6.08 Å². The average Bonchev–Trinajstić information content (AvgIpc) is 2.24. The maximum atomic E-state index is 13.2. The molecule has 0 unspecified atom stereocenters. The molecule has 1 aromatic rings. The van der Waals surface area contributed by atoms with Crippen LogP contribution in [0.1, 0.15) is 0 Å². The SMILES string of the molecule is COc1ccc(NC/C=C/C(=O)O)cc1F. The first-order chi connectivity index (χ1) is 7.63. The smallest absolute Gasteiger partial charge is 0.328 e. The predicted molar refractivity (Wildman–Crippen MR) is 58.2 cm³/mol. The van der Waals surface area contributed by atoms with E-state index in [1.807, 2.05) is 0 Å². The number of carboxylic acids is 1.